The lowest BCUT2D eigenvalue weighted by Gasteiger charge is -2.11. The van der Waals surface area contributed by atoms with Crippen LogP contribution in [0.5, 0.6) is 0 Å². The summed E-state index contributed by atoms with van der Waals surface area (Å²) in [6, 6.07) is 11.5. The van der Waals surface area contributed by atoms with Gasteiger partial charge in [0.2, 0.25) is 0 Å². The average Bonchev–Trinajstić information content (AvgIpc) is 3.13. The Morgan fingerprint density at radius 3 is 2.67 bits per heavy atom. The molecule has 4 rings (SSSR count). The van der Waals surface area contributed by atoms with Crippen LogP contribution in [0, 0.1) is 6.92 Å². The van der Waals surface area contributed by atoms with Crippen LogP contribution in [0.25, 0.3) is 21.8 Å². The number of sulfonamides is 1. The van der Waals surface area contributed by atoms with Crippen LogP contribution in [-0.4, -0.2) is 29.5 Å². The van der Waals surface area contributed by atoms with E-state index in [2.05, 4.69) is 14.7 Å². The third kappa shape index (κ3) is 3.55. The summed E-state index contributed by atoms with van der Waals surface area (Å²) in [5.41, 5.74) is 2.31. The monoisotopic (exact) mass is 425 g/mol. The van der Waals surface area contributed by atoms with Gasteiger partial charge in [-0.05, 0) is 48.7 Å². The van der Waals surface area contributed by atoms with Crippen molar-refractivity contribution in [2.45, 2.75) is 24.7 Å². The minimum atomic E-state index is -3.87. The molecule has 4 aromatic rings. The number of aryl methyl sites for hydroxylation is 2. The Hall–Kier alpha value is -3.59. The molecule has 0 unspecified atom stereocenters. The predicted octanol–water partition coefficient (Wildman–Crippen LogP) is 3.14. The number of fused-ring (bicyclic) bond motifs is 3. The Kier molecular flexibility index (Phi) is 4.83. The minimum absolute atomic E-state index is 0.0389. The van der Waals surface area contributed by atoms with Gasteiger partial charge in [-0.2, -0.15) is 0 Å². The standard InChI is InChI=1S/C21H19N3O5S/c1-12-4-2-3-5-16(12)24-30(28,29)14-7-8-17-15(10-14)19-13(6-9-18(25)26)11-22-20(19)21(27)23-17/h2-5,7-8,10-11,22,24H,6,9H2,1H3,(H,23,27)(H,25,26). The van der Waals surface area contributed by atoms with Gasteiger partial charge in [-0.15, -0.1) is 0 Å². The van der Waals surface area contributed by atoms with Gasteiger partial charge in [0.25, 0.3) is 15.6 Å². The highest BCUT2D eigenvalue weighted by molar-refractivity contribution is 7.92. The summed E-state index contributed by atoms with van der Waals surface area (Å²) >= 11 is 0. The number of nitrogens with one attached hydrogen (secondary N) is 3. The van der Waals surface area contributed by atoms with Crippen molar-refractivity contribution >= 4 is 43.5 Å². The number of benzene rings is 2. The zero-order valence-corrected chi connectivity index (χ0v) is 16.8. The number of rotatable bonds is 6. The molecule has 0 spiro atoms. The normalized spacial score (nSPS) is 11.8. The van der Waals surface area contributed by atoms with E-state index in [4.69, 9.17) is 5.11 Å². The topological polar surface area (TPSA) is 132 Å². The summed E-state index contributed by atoms with van der Waals surface area (Å²) in [4.78, 5) is 29.0. The maximum atomic E-state index is 13.0. The van der Waals surface area contributed by atoms with E-state index in [0.717, 1.165) is 5.56 Å². The molecule has 2 aromatic heterocycles. The number of hydrogen-bond acceptors (Lipinski definition) is 4. The lowest BCUT2D eigenvalue weighted by Crippen LogP contribution is -2.14. The highest BCUT2D eigenvalue weighted by atomic mass is 32.2. The SMILES string of the molecule is Cc1ccccc1NS(=O)(=O)c1ccc2[nH]c(=O)c3[nH]cc(CCC(=O)O)c3c2c1. The van der Waals surface area contributed by atoms with Crippen LogP contribution in [-0.2, 0) is 21.2 Å². The largest absolute Gasteiger partial charge is 0.481 e. The summed E-state index contributed by atoms with van der Waals surface area (Å²) in [7, 11) is -3.87. The zero-order chi connectivity index (χ0) is 21.5. The number of carboxylic acids is 1. The van der Waals surface area contributed by atoms with E-state index >= 15 is 0 Å². The molecule has 2 aromatic carbocycles. The summed E-state index contributed by atoms with van der Waals surface area (Å²) < 4.78 is 28.5. The smallest absolute Gasteiger partial charge is 0.303 e. The number of aromatic amines is 2. The second kappa shape index (κ2) is 7.34. The number of aromatic nitrogens is 2. The van der Waals surface area contributed by atoms with Crippen LogP contribution in [0.15, 0.2) is 58.4 Å². The Bertz CT molecular complexity index is 1450. The van der Waals surface area contributed by atoms with Crippen molar-refractivity contribution in [2.75, 3.05) is 4.72 Å². The Balaban J connectivity index is 1.87. The first-order chi connectivity index (χ1) is 14.3. The van der Waals surface area contributed by atoms with Gasteiger partial charge in [-0.3, -0.25) is 14.3 Å². The van der Waals surface area contributed by atoms with E-state index in [1.54, 1.807) is 31.3 Å². The van der Waals surface area contributed by atoms with Gasteiger partial charge < -0.3 is 15.1 Å². The number of anilines is 1. The van der Waals surface area contributed by atoms with Crippen molar-refractivity contribution in [3.05, 3.63) is 70.1 Å². The molecule has 0 saturated carbocycles. The van der Waals surface area contributed by atoms with Gasteiger partial charge in [0.1, 0.15) is 5.52 Å². The number of carboxylic acid groups (broad SMARTS) is 1. The van der Waals surface area contributed by atoms with Gasteiger partial charge in [0.15, 0.2) is 0 Å². The molecule has 0 atom stereocenters. The molecule has 0 aliphatic heterocycles. The molecule has 0 saturated heterocycles. The first-order valence-electron chi connectivity index (χ1n) is 9.22. The van der Waals surface area contributed by atoms with Gasteiger partial charge >= 0.3 is 5.97 Å². The quantitative estimate of drug-likeness (QED) is 0.377. The number of carbonyl (C=O) groups is 1. The van der Waals surface area contributed by atoms with Crippen molar-refractivity contribution < 1.29 is 18.3 Å². The maximum absolute atomic E-state index is 13.0. The van der Waals surface area contributed by atoms with E-state index in [9.17, 15) is 18.0 Å². The molecule has 4 N–H and O–H groups in total. The molecule has 30 heavy (non-hydrogen) atoms. The van der Waals surface area contributed by atoms with Gasteiger partial charge in [-0.1, -0.05) is 18.2 Å². The number of para-hydroxylation sites is 1. The molecule has 154 valence electrons. The van der Waals surface area contributed by atoms with E-state index in [-0.39, 0.29) is 28.8 Å². The van der Waals surface area contributed by atoms with Crippen molar-refractivity contribution in [3.63, 3.8) is 0 Å². The molecule has 0 aliphatic rings. The summed E-state index contributed by atoms with van der Waals surface area (Å²) in [5, 5.41) is 10.1. The third-order valence-electron chi connectivity index (χ3n) is 5.01. The molecule has 8 nitrogen and oxygen atoms in total. The van der Waals surface area contributed by atoms with Crippen LogP contribution in [0.1, 0.15) is 17.5 Å². The van der Waals surface area contributed by atoms with Crippen LogP contribution in [0.4, 0.5) is 5.69 Å². The minimum Gasteiger partial charge on any atom is -0.481 e. The number of H-pyrrole nitrogens is 2. The van der Waals surface area contributed by atoms with Crippen molar-refractivity contribution in [2.24, 2.45) is 0 Å². The first kappa shape index (κ1) is 19.7. The number of aliphatic carboxylic acids is 1. The van der Waals surface area contributed by atoms with Crippen molar-refractivity contribution in [1.82, 2.24) is 9.97 Å². The molecule has 0 fully saturated rings. The van der Waals surface area contributed by atoms with E-state index in [1.807, 2.05) is 6.07 Å². The summed E-state index contributed by atoms with van der Waals surface area (Å²) in [6.07, 6.45) is 1.70. The number of hydrogen-bond donors (Lipinski definition) is 4. The Morgan fingerprint density at radius 2 is 1.93 bits per heavy atom. The molecule has 0 aliphatic carbocycles. The van der Waals surface area contributed by atoms with Gasteiger partial charge in [0.05, 0.1) is 10.6 Å². The molecule has 0 bridgehead atoms. The van der Waals surface area contributed by atoms with Crippen LogP contribution in [0.3, 0.4) is 0 Å². The Morgan fingerprint density at radius 1 is 1.17 bits per heavy atom. The van der Waals surface area contributed by atoms with Crippen LogP contribution in [0.2, 0.25) is 0 Å². The third-order valence-corrected chi connectivity index (χ3v) is 6.37. The van der Waals surface area contributed by atoms with E-state index in [1.165, 1.54) is 18.2 Å². The highest BCUT2D eigenvalue weighted by Crippen LogP contribution is 2.28. The fourth-order valence-electron chi connectivity index (χ4n) is 3.47. The molecular weight excluding hydrogens is 406 g/mol. The molecule has 0 radical (unpaired) electrons. The van der Waals surface area contributed by atoms with Crippen LogP contribution >= 0.6 is 0 Å². The van der Waals surface area contributed by atoms with E-state index < -0.39 is 16.0 Å². The summed E-state index contributed by atoms with van der Waals surface area (Å²) in [6.45, 7) is 1.81. The second-order valence-electron chi connectivity index (χ2n) is 7.04. The number of pyridine rings is 1. The molecular formula is C21H19N3O5S. The molecule has 0 amide bonds. The fourth-order valence-corrected chi connectivity index (χ4v) is 4.63. The van der Waals surface area contributed by atoms with Gasteiger partial charge in [-0.25, -0.2) is 8.42 Å². The first-order valence-corrected chi connectivity index (χ1v) is 10.7. The van der Waals surface area contributed by atoms with E-state index in [0.29, 0.717) is 27.5 Å². The van der Waals surface area contributed by atoms with Crippen molar-refractivity contribution in [3.8, 4) is 0 Å². The maximum Gasteiger partial charge on any atom is 0.303 e. The molecule has 9 heteroatoms. The van der Waals surface area contributed by atoms with Crippen molar-refractivity contribution in [1.29, 1.82) is 0 Å². The van der Waals surface area contributed by atoms with Gasteiger partial charge in [0, 0.05) is 28.9 Å². The fraction of sp³-hybridized carbons (Fsp3) is 0.143. The molecule has 2 heterocycles. The zero-order valence-electron chi connectivity index (χ0n) is 16.0. The Labute approximate surface area is 171 Å². The van der Waals surface area contributed by atoms with Crippen LogP contribution < -0.4 is 10.3 Å². The lowest BCUT2D eigenvalue weighted by molar-refractivity contribution is -0.136. The second-order valence-corrected chi connectivity index (χ2v) is 8.72. The average molecular weight is 425 g/mol. The predicted molar refractivity (Wildman–Crippen MR) is 114 cm³/mol. The highest BCUT2D eigenvalue weighted by Gasteiger charge is 2.19. The lowest BCUT2D eigenvalue weighted by atomic mass is 10.0. The summed E-state index contributed by atoms with van der Waals surface area (Å²) in [5.74, 6) is -0.954.